The van der Waals surface area contributed by atoms with E-state index in [2.05, 4.69) is 20.2 Å². The maximum Gasteiger partial charge on any atom is 0.258 e. The van der Waals surface area contributed by atoms with Crippen LogP contribution < -0.4 is 5.56 Å². The highest BCUT2D eigenvalue weighted by molar-refractivity contribution is 7.99. The second-order valence-corrected chi connectivity index (χ2v) is 8.03. The summed E-state index contributed by atoms with van der Waals surface area (Å²) in [4.78, 5) is 19.9. The van der Waals surface area contributed by atoms with E-state index in [0.29, 0.717) is 28.3 Å². The molecule has 1 atom stereocenters. The minimum Gasteiger partial charge on any atom is -0.309 e. The summed E-state index contributed by atoms with van der Waals surface area (Å²) in [5.41, 5.74) is 1.47. The van der Waals surface area contributed by atoms with E-state index in [9.17, 15) is 4.79 Å². The van der Waals surface area contributed by atoms with Crippen molar-refractivity contribution in [2.24, 2.45) is 0 Å². The number of aromatic nitrogens is 5. The van der Waals surface area contributed by atoms with Crippen molar-refractivity contribution in [2.75, 3.05) is 0 Å². The molecule has 0 spiro atoms. The highest BCUT2D eigenvalue weighted by Gasteiger charge is 2.19. The summed E-state index contributed by atoms with van der Waals surface area (Å²) in [5.74, 6) is 1.38. The Morgan fingerprint density at radius 3 is 2.79 bits per heavy atom. The molecule has 2 aromatic heterocycles. The Labute approximate surface area is 171 Å². The Morgan fingerprint density at radius 1 is 1.18 bits per heavy atom. The lowest BCUT2D eigenvalue weighted by atomic mass is 10.2. The zero-order valence-corrected chi connectivity index (χ0v) is 17.0. The maximum atomic E-state index is 12.4. The average molecular weight is 412 g/mol. The van der Waals surface area contributed by atoms with Crippen molar-refractivity contribution < 1.29 is 0 Å². The molecule has 0 aliphatic rings. The van der Waals surface area contributed by atoms with Crippen LogP contribution in [0.25, 0.3) is 22.3 Å². The Balaban J connectivity index is 1.67. The third-order valence-corrected chi connectivity index (χ3v) is 5.74. The SMILES string of the molecule is CCn1c(S[C@@H](C)c2nc3ccccc3c(=O)[nH]2)nnc1-c1cccc(Cl)c1. The fourth-order valence-corrected chi connectivity index (χ4v) is 4.17. The summed E-state index contributed by atoms with van der Waals surface area (Å²) in [6.07, 6.45) is 0. The summed E-state index contributed by atoms with van der Waals surface area (Å²) in [6, 6.07) is 14.9. The van der Waals surface area contributed by atoms with Gasteiger partial charge in [-0.05, 0) is 38.1 Å². The lowest BCUT2D eigenvalue weighted by Gasteiger charge is -2.12. The fourth-order valence-electron chi connectivity index (χ4n) is 3.01. The van der Waals surface area contributed by atoms with Gasteiger partial charge in [0, 0.05) is 17.1 Å². The lowest BCUT2D eigenvalue weighted by molar-refractivity contribution is 0.685. The predicted octanol–water partition coefficient (Wildman–Crippen LogP) is 4.71. The van der Waals surface area contributed by atoms with Crippen LogP contribution in [0.3, 0.4) is 0 Å². The van der Waals surface area contributed by atoms with Gasteiger partial charge in [0.15, 0.2) is 11.0 Å². The third-order valence-electron chi connectivity index (χ3n) is 4.41. The van der Waals surface area contributed by atoms with Crippen molar-refractivity contribution in [3.8, 4) is 11.4 Å². The summed E-state index contributed by atoms with van der Waals surface area (Å²) < 4.78 is 2.03. The van der Waals surface area contributed by atoms with E-state index in [-0.39, 0.29) is 10.8 Å². The van der Waals surface area contributed by atoms with Crippen molar-refractivity contribution >= 4 is 34.3 Å². The first kappa shape index (κ1) is 18.7. The number of aromatic amines is 1. The number of rotatable bonds is 5. The van der Waals surface area contributed by atoms with E-state index >= 15 is 0 Å². The minimum absolute atomic E-state index is 0.0981. The van der Waals surface area contributed by atoms with E-state index in [1.807, 2.05) is 60.9 Å². The minimum atomic E-state index is -0.135. The molecule has 2 heterocycles. The molecule has 6 nitrogen and oxygen atoms in total. The van der Waals surface area contributed by atoms with Crippen molar-refractivity contribution in [1.29, 1.82) is 0 Å². The fraction of sp³-hybridized carbons (Fsp3) is 0.200. The van der Waals surface area contributed by atoms with Crippen LogP contribution in [-0.2, 0) is 6.54 Å². The van der Waals surface area contributed by atoms with E-state index in [1.165, 1.54) is 11.8 Å². The molecule has 2 aromatic carbocycles. The van der Waals surface area contributed by atoms with Gasteiger partial charge in [0.05, 0.1) is 16.2 Å². The summed E-state index contributed by atoms with van der Waals surface area (Å²) in [6.45, 7) is 4.75. The molecule has 28 heavy (non-hydrogen) atoms. The molecule has 0 bridgehead atoms. The number of nitrogens with one attached hydrogen (secondary N) is 1. The van der Waals surface area contributed by atoms with Crippen LogP contribution in [0, 0.1) is 0 Å². The number of fused-ring (bicyclic) bond motifs is 1. The molecule has 0 amide bonds. The molecule has 8 heteroatoms. The molecule has 0 saturated heterocycles. The summed E-state index contributed by atoms with van der Waals surface area (Å²) >= 11 is 7.63. The normalized spacial score (nSPS) is 12.4. The number of H-pyrrole nitrogens is 1. The monoisotopic (exact) mass is 411 g/mol. The molecule has 0 aliphatic carbocycles. The average Bonchev–Trinajstić information content (AvgIpc) is 3.10. The maximum absolute atomic E-state index is 12.4. The lowest BCUT2D eigenvalue weighted by Crippen LogP contribution is -2.13. The van der Waals surface area contributed by atoms with Crippen molar-refractivity contribution in [1.82, 2.24) is 24.7 Å². The second-order valence-electron chi connectivity index (χ2n) is 6.29. The van der Waals surface area contributed by atoms with Gasteiger partial charge >= 0.3 is 0 Å². The van der Waals surface area contributed by atoms with E-state index < -0.39 is 0 Å². The van der Waals surface area contributed by atoms with Crippen molar-refractivity contribution in [2.45, 2.75) is 30.8 Å². The Morgan fingerprint density at radius 2 is 2.00 bits per heavy atom. The van der Waals surface area contributed by atoms with Crippen LogP contribution in [0.1, 0.15) is 24.9 Å². The number of thioether (sulfide) groups is 1. The summed E-state index contributed by atoms with van der Waals surface area (Å²) in [7, 11) is 0. The predicted molar refractivity (Wildman–Crippen MR) is 113 cm³/mol. The molecule has 0 aliphatic heterocycles. The molecular formula is C20H18ClN5OS. The smallest absolute Gasteiger partial charge is 0.258 e. The number of halogens is 1. The number of nitrogens with zero attached hydrogens (tertiary/aromatic N) is 4. The molecule has 0 fully saturated rings. The van der Waals surface area contributed by atoms with Crippen LogP contribution >= 0.6 is 23.4 Å². The zero-order valence-electron chi connectivity index (χ0n) is 15.4. The van der Waals surface area contributed by atoms with Gasteiger partial charge in [-0.25, -0.2) is 4.98 Å². The molecule has 142 valence electrons. The van der Waals surface area contributed by atoms with Crippen molar-refractivity contribution in [3.05, 3.63) is 69.7 Å². The van der Waals surface area contributed by atoms with Gasteiger partial charge < -0.3 is 9.55 Å². The van der Waals surface area contributed by atoms with Gasteiger partial charge in [0.2, 0.25) is 0 Å². The summed E-state index contributed by atoms with van der Waals surface area (Å²) in [5, 5.41) is 10.6. The van der Waals surface area contributed by atoms with E-state index in [0.717, 1.165) is 16.5 Å². The number of hydrogen-bond donors (Lipinski definition) is 1. The van der Waals surface area contributed by atoms with Gasteiger partial charge in [0.25, 0.3) is 5.56 Å². The van der Waals surface area contributed by atoms with Gasteiger partial charge in [-0.2, -0.15) is 0 Å². The van der Waals surface area contributed by atoms with Gasteiger partial charge in [-0.1, -0.05) is 47.6 Å². The Bertz CT molecular complexity index is 1200. The molecule has 0 saturated carbocycles. The van der Waals surface area contributed by atoms with Gasteiger partial charge in [-0.15, -0.1) is 10.2 Å². The first-order valence-electron chi connectivity index (χ1n) is 8.91. The zero-order chi connectivity index (χ0) is 19.7. The van der Waals surface area contributed by atoms with Gasteiger partial charge in [0.1, 0.15) is 5.82 Å². The topological polar surface area (TPSA) is 76.5 Å². The van der Waals surface area contributed by atoms with E-state index in [4.69, 9.17) is 11.6 Å². The standard InChI is InChI=1S/C20H18ClN5OS/c1-3-26-18(13-7-6-8-14(21)11-13)24-25-20(26)28-12(2)17-22-16-10-5-4-9-15(16)19(27)23-17/h4-12H,3H2,1-2H3,(H,22,23,27)/t12-/m0/s1. The first-order chi connectivity index (χ1) is 13.6. The second kappa shape index (κ2) is 7.77. The molecule has 4 aromatic rings. The first-order valence-corrected chi connectivity index (χ1v) is 10.2. The molecular weight excluding hydrogens is 394 g/mol. The Kier molecular flexibility index (Phi) is 5.19. The molecule has 1 N–H and O–H groups in total. The van der Waals surface area contributed by atoms with Crippen LogP contribution in [0.15, 0.2) is 58.5 Å². The van der Waals surface area contributed by atoms with Crippen LogP contribution in [0.5, 0.6) is 0 Å². The number of hydrogen-bond acceptors (Lipinski definition) is 5. The highest BCUT2D eigenvalue weighted by Crippen LogP contribution is 2.34. The number of para-hydroxylation sites is 1. The van der Waals surface area contributed by atoms with Crippen LogP contribution in [-0.4, -0.2) is 24.7 Å². The Hall–Kier alpha value is -2.64. The van der Waals surface area contributed by atoms with Crippen LogP contribution in [0.2, 0.25) is 5.02 Å². The van der Waals surface area contributed by atoms with Crippen LogP contribution in [0.4, 0.5) is 0 Å². The van der Waals surface area contributed by atoms with E-state index in [1.54, 1.807) is 6.07 Å². The van der Waals surface area contributed by atoms with Gasteiger partial charge in [-0.3, -0.25) is 4.79 Å². The molecule has 0 unspecified atom stereocenters. The molecule has 0 radical (unpaired) electrons. The largest absolute Gasteiger partial charge is 0.309 e. The number of benzene rings is 2. The third kappa shape index (κ3) is 3.55. The highest BCUT2D eigenvalue weighted by atomic mass is 35.5. The van der Waals surface area contributed by atoms with Crippen molar-refractivity contribution in [3.63, 3.8) is 0 Å². The quantitative estimate of drug-likeness (QED) is 0.481. The molecule has 4 rings (SSSR count).